The highest BCUT2D eigenvalue weighted by atomic mass is 35.5. The van der Waals surface area contributed by atoms with Crippen LogP contribution in [0.4, 0.5) is 0 Å². The van der Waals surface area contributed by atoms with E-state index in [1.807, 2.05) is 0 Å². The van der Waals surface area contributed by atoms with Gasteiger partial charge in [0.05, 0.1) is 0 Å². The topological polar surface area (TPSA) is 0 Å². The zero-order chi connectivity index (χ0) is 10.7. The van der Waals surface area contributed by atoms with Crippen molar-refractivity contribution in [1.82, 2.24) is 0 Å². The molecular formula is C14H19Cl. The van der Waals surface area contributed by atoms with E-state index >= 15 is 0 Å². The molecule has 0 aromatic heterocycles. The summed E-state index contributed by atoms with van der Waals surface area (Å²) in [5.41, 5.74) is 3.03. The van der Waals surface area contributed by atoms with E-state index in [4.69, 9.17) is 11.6 Å². The fraction of sp³-hybridized carbons (Fsp3) is 0.571. The van der Waals surface area contributed by atoms with Gasteiger partial charge >= 0.3 is 0 Å². The van der Waals surface area contributed by atoms with Crippen LogP contribution in [0.2, 0.25) is 0 Å². The average Bonchev–Trinajstić information content (AvgIpc) is 2.28. The van der Waals surface area contributed by atoms with Crippen LogP contribution in [0.25, 0.3) is 0 Å². The van der Waals surface area contributed by atoms with Crippen molar-refractivity contribution >= 4 is 11.6 Å². The monoisotopic (exact) mass is 222 g/mol. The number of halogens is 1. The normalized spacial score (nSPS) is 22.1. The number of benzene rings is 1. The zero-order valence-corrected chi connectivity index (χ0v) is 10.1. The predicted molar refractivity (Wildman–Crippen MR) is 66.7 cm³/mol. The van der Waals surface area contributed by atoms with Crippen LogP contribution in [0, 0.1) is 0 Å². The lowest BCUT2D eigenvalue weighted by Crippen LogP contribution is -2.18. The van der Waals surface area contributed by atoms with Gasteiger partial charge in [-0.25, -0.2) is 0 Å². The molecular weight excluding hydrogens is 204 g/mol. The highest BCUT2D eigenvalue weighted by Crippen LogP contribution is 2.37. The lowest BCUT2D eigenvalue weighted by atomic mass is 9.80. The van der Waals surface area contributed by atoms with E-state index in [0.29, 0.717) is 11.3 Å². The molecule has 0 heterocycles. The van der Waals surface area contributed by atoms with Gasteiger partial charge in [-0.1, -0.05) is 37.6 Å². The van der Waals surface area contributed by atoms with Crippen LogP contribution in [0.3, 0.4) is 0 Å². The first-order valence-corrected chi connectivity index (χ1v) is 6.48. The van der Waals surface area contributed by atoms with Crippen LogP contribution in [-0.2, 0) is 6.42 Å². The van der Waals surface area contributed by atoms with Gasteiger partial charge in [0, 0.05) is 11.3 Å². The van der Waals surface area contributed by atoms with Crippen LogP contribution in [0.1, 0.15) is 49.7 Å². The molecule has 1 aliphatic rings. The minimum Gasteiger partial charge on any atom is -0.122 e. The minimum atomic E-state index is 0.330. The Morgan fingerprint density at radius 3 is 3.00 bits per heavy atom. The summed E-state index contributed by atoms with van der Waals surface area (Å²) in [4.78, 5) is 0. The number of hydrogen-bond acceptors (Lipinski definition) is 0. The first-order valence-electron chi connectivity index (χ1n) is 6.04. The molecule has 0 radical (unpaired) electrons. The molecule has 0 N–H and O–H groups in total. The summed E-state index contributed by atoms with van der Waals surface area (Å²) < 4.78 is 0. The minimum absolute atomic E-state index is 0.330. The molecule has 2 unspecified atom stereocenters. The molecule has 0 spiro atoms. The van der Waals surface area contributed by atoms with Gasteiger partial charge in [0.15, 0.2) is 0 Å². The van der Waals surface area contributed by atoms with E-state index in [-0.39, 0.29) is 0 Å². The second-order valence-corrected chi connectivity index (χ2v) is 5.06. The van der Waals surface area contributed by atoms with E-state index < -0.39 is 0 Å². The van der Waals surface area contributed by atoms with Gasteiger partial charge in [-0.3, -0.25) is 0 Å². The Morgan fingerprint density at radius 1 is 1.40 bits per heavy atom. The lowest BCUT2D eigenvalue weighted by molar-refractivity contribution is 0.508. The fourth-order valence-electron chi connectivity index (χ4n) is 2.64. The van der Waals surface area contributed by atoms with Crippen molar-refractivity contribution in [2.75, 3.05) is 0 Å². The molecule has 0 bridgehead atoms. The fourth-order valence-corrected chi connectivity index (χ4v) is 3.12. The van der Waals surface area contributed by atoms with Gasteiger partial charge in [-0.05, 0) is 36.8 Å². The van der Waals surface area contributed by atoms with E-state index in [9.17, 15) is 0 Å². The molecule has 2 atom stereocenters. The number of hydrogen-bond donors (Lipinski definition) is 0. The zero-order valence-electron chi connectivity index (χ0n) is 9.38. The lowest BCUT2D eigenvalue weighted by Gasteiger charge is -2.28. The summed E-state index contributed by atoms with van der Waals surface area (Å²) in [5, 5.41) is 0.330. The maximum Gasteiger partial charge on any atom is 0.0404 e. The van der Waals surface area contributed by atoms with Crippen molar-refractivity contribution in [1.29, 1.82) is 0 Å². The van der Waals surface area contributed by atoms with Crippen molar-refractivity contribution < 1.29 is 0 Å². The summed E-state index contributed by atoms with van der Waals surface area (Å²) >= 11 is 6.49. The Labute approximate surface area is 97.6 Å². The molecule has 1 aliphatic carbocycles. The first-order chi connectivity index (χ1) is 7.33. The largest absolute Gasteiger partial charge is 0.122 e. The Kier molecular flexibility index (Phi) is 3.69. The maximum absolute atomic E-state index is 6.49. The summed E-state index contributed by atoms with van der Waals surface area (Å²) in [6.07, 6.45) is 6.13. The second-order valence-electron chi connectivity index (χ2n) is 4.50. The van der Waals surface area contributed by atoms with E-state index in [1.165, 1.54) is 36.8 Å². The van der Waals surface area contributed by atoms with Crippen molar-refractivity contribution in [3.05, 3.63) is 35.4 Å². The van der Waals surface area contributed by atoms with Crippen LogP contribution in [-0.4, -0.2) is 5.38 Å². The Morgan fingerprint density at radius 2 is 2.20 bits per heavy atom. The van der Waals surface area contributed by atoms with Gasteiger partial charge in [-0.15, -0.1) is 11.6 Å². The van der Waals surface area contributed by atoms with Crippen molar-refractivity contribution in [2.45, 2.75) is 50.3 Å². The highest BCUT2D eigenvalue weighted by molar-refractivity contribution is 6.21. The molecule has 0 saturated heterocycles. The number of alkyl halides is 1. The third-order valence-electron chi connectivity index (χ3n) is 3.42. The van der Waals surface area contributed by atoms with E-state index in [2.05, 4.69) is 31.2 Å². The molecule has 1 aromatic carbocycles. The molecule has 82 valence electrons. The summed E-state index contributed by atoms with van der Waals surface area (Å²) in [6, 6.07) is 8.82. The molecule has 0 aliphatic heterocycles. The van der Waals surface area contributed by atoms with Gasteiger partial charge in [0.2, 0.25) is 0 Å². The molecule has 1 aromatic rings. The number of fused-ring (bicyclic) bond motifs is 1. The maximum atomic E-state index is 6.49. The van der Waals surface area contributed by atoms with Crippen molar-refractivity contribution in [3.8, 4) is 0 Å². The Balaban J connectivity index is 2.21. The van der Waals surface area contributed by atoms with Crippen LogP contribution < -0.4 is 0 Å². The average molecular weight is 223 g/mol. The van der Waals surface area contributed by atoms with E-state index in [0.717, 1.165) is 6.42 Å². The third kappa shape index (κ3) is 2.36. The predicted octanol–water partition coefficient (Wildman–Crippen LogP) is 4.51. The molecule has 0 saturated carbocycles. The smallest absolute Gasteiger partial charge is 0.0404 e. The van der Waals surface area contributed by atoms with Crippen molar-refractivity contribution in [2.24, 2.45) is 0 Å². The Hall–Kier alpha value is -0.490. The molecule has 15 heavy (non-hydrogen) atoms. The van der Waals surface area contributed by atoms with Gasteiger partial charge in [-0.2, -0.15) is 0 Å². The van der Waals surface area contributed by atoms with Crippen LogP contribution >= 0.6 is 11.6 Å². The number of rotatable bonds is 3. The summed E-state index contributed by atoms with van der Waals surface area (Å²) in [5.74, 6) is 0.594. The Bertz CT molecular complexity index is 319. The summed E-state index contributed by atoms with van der Waals surface area (Å²) in [6.45, 7) is 2.21. The van der Waals surface area contributed by atoms with Crippen LogP contribution in [0.15, 0.2) is 24.3 Å². The second kappa shape index (κ2) is 5.03. The van der Waals surface area contributed by atoms with Gasteiger partial charge in [0.25, 0.3) is 0 Å². The molecule has 0 nitrogen and oxygen atoms in total. The van der Waals surface area contributed by atoms with Crippen LogP contribution in [0.5, 0.6) is 0 Å². The van der Waals surface area contributed by atoms with Gasteiger partial charge < -0.3 is 0 Å². The van der Waals surface area contributed by atoms with E-state index in [1.54, 1.807) is 0 Å². The quantitative estimate of drug-likeness (QED) is 0.660. The summed E-state index contributed by atoms with van der Waals surface area (Å²) in [7, 11) is 0. The molecule has 2 rings (SSSR count). The highest BCUT2D eigenvalue weighted by Gasteiger charge is 2.25. The number of aryl methyl sites for hydroxylation is 1. The molecule has 1 heteroatoms. The first kappa shape index (κ1) is 11.0. The SMILES string of the molecule is CCCC(Cl)C1CCCc2ccccc21. The molecule has 0 amide bonds. The third-order valence-corrected chi connectivity index (χ3v) is 3.94. The van der Waals surface area contributed by atoms with Crippen molar-refractivity contribution in [3.63, 3.8) is 0 Å². The van der Waals surface area contributed by atoms with Gasteiger partial charge in [0.1, 0.15) is 0 Å². The molecule has 0 fully saturated rings. The standard InChI is InChI=1S/C14H19Cl/c1-2-6-14(15)13-10-5-8-11-7-3-4-9-12(11)13/h3-4,7,9,13-14H,2,5-6,8,10H2,1H3.